The lowest BCUT2D eigenvalue weighted by Crippen LogP contribution is -2.07. The van der Waals surface area contributed by atoms with Crippen molar-refractivity contribution in [2.24, 2.45) is 0 Å². The van der Waals surface area contributed by atoms with Crippen molar-refractivity contribution in [2.45, 2.75) is 26.8 Å². The quantitative estimate of drug-likeness (QED) is 0.736. The van der Waals surface area contributed by atoms with Crippen LogP contribution >= 0.6 is 0 Å². The van der Waals surface area contributed by atoms with Crippen molar-refractivity contribution < 1.29 is 9.90 Å². The summed E-state index contributed by atoms with van der Waals surface area (Å²) in [6.07, 6.45) is 2.55. The van der Waals surface area contributed by atoms with E-state index >= 15 is 0 Å². The SMILES string of the molecule is CCc1cn(CC)c(C(=O)O)n1. The summed E-state index contributed by atoms with van der Waals surface area (Å²) in [4.78, 5) is 14.6. The van der Waals surface area contributed by atoms with Gasteiger partial charge in [0, 0.05) is 12.7 Å². The maximum absolute atomic E-state index is 10.6. The van der Waals surface area contributed by atoms with Gasteiger partial charge in [-0.15, -0.1) is 0 Å². The molecular formula is C8H12N2O2. The highest BCUT2D eigenvalue weighted by atomic mass is 16.4. The van der Waals surface area contributed by atoms with E-state index in [0.717, 1.165) is 12.1 Å². The molecule has 1 heterocycles. The monoisotopic (exact) mass is 168 g/mol. The third-order valence-corrected chi connectivity index (χ3v) is 1.72. The summed E-state index contributed by atoms with van der Waals surface area (Å²) in [5.74, 6) is -0.828. The molecule has 1 N–H and O–H groups in total. The van der Waals surface area contributed by atoms with Crippen LogP contribution in [0.2, 0.25) is 0 Å². The Balaban J connectivity index is 3.08. The maximum Gasteiger partial charge on any atom is 0.372 e. The van der Waals surface area contributed by atoms with E-state index in [9.17, 15) is 4.79 Å². The smallest absolute Gasteiger partial charge is 0.372 e. The Bertz CT molecular complexity index is 291. The fraction of sp³-hybridized carbons (Fsp3) is 0.500. The molecule has 0 amide bonds. The highest BCUT2D eigenvalue weighted by molar-refractivity contribution is 5.83. The van der Waals surface area contributed by atoms with Crippen LogP contribution in [-0.2, 0) is 13.0 Å². The molecule has 1 rings (SSSR count). The normalized spacial score (nSPS) is 10.2. The molecule has 0 atom stereocenters. The summed E-state index contributed by atoms with van der Waals surface area (Å²) in [6.45, 7) is 4.50. The molecule has 0 saturated heterocycles. The first-order valence-electron chi connectivity index (χ1n) is 3.98. The predicted octanol–water partition coefficient (Wildman–Crippen LogP) is 1.16. The van der Waals surface area contributed by atoms with E-state index in [0.29, 0.717) is 6.54 Å². The molecule has 12 heavy (non-hydrogen) atoms. The van der Waals surface area contributed by atoms with Crippen LogP contribution in [0.5, 0.6) is 0 Å². The summed E-state index contributed by atoms with van der Waals surface area (Å²) >= 11 is 0. The van der Waals surface area contributed by atoms with Crippen molar-refractivity contribution in [3.63, 3.8) is 0 Å². The number of carbonyl (C=O) groups is 1. The standard InChI is InChI=1S/C8H12N2O2/c1-3-6-5-10(4-2)7(9-6)8(11)12/h5H,3-4H2,1-2H3,(H,11,12). The van der Waals surface area contributed by atoms with Crippen molar-refractivity contribution in [2.75, 3.05) is 0 Å². The van der Waals surface area contributed by atoms with Crippen LogP contribution in [0.3, 0.4) is 0 Å². The van der Waals surface area contributed by atoms with E-state index in [4.69, 9.17) is 5.11 Å². The van der Waals surface area contributed by atoms with Crippen molar-refractivity contribution in [3.8, 4) is 0 Å². The van der Waals surface area contributed by atoms with Gasteiger partial charge in [0.1, 0.15) is 0 Å². The highest BCUT2D eigenvalue weighted by Gasteiger charge is 2.11. The molecule has 0 spiro atoms. The number of nitrogens with zero attached hydrogens (tertiary/aromatic N) is 2. The zero-order valence-corrected chi connectivity index (χ0v) is 7.24. The largest absolute Gasteiger partial charge is 0.475 e. The molecule has 0 aliphatic heterocycles. The molecule has 1 aromatic heterocycles. The first-order chi connectivity index (χ1) is 5.69. The highest BCUT2D eigenvalue weighted by Crippen LogP contribution is 2.03. The van der Waals surface area contributed by atoms with Gasteiger partial charge in [0.25, 0.3) is 0 Å². The van der Waals surface area contributed by atoms with Gasteiger partial charge in [0.05, 0.1) is 5.69 Å². The molecule has 66 valence electrons. The van der Waals surface area contributed by atoms with Crippen molar-refractivity contribution in [1.29, 1.82) is 0 Å². The second-order valence-electron chi connectivity index (χ2n) is 2.50. The molecule has 4 nitrogen and oxygen atoms in total. The minimum atomic E-state index is -0.962. The van der Waals surface area contributed by atoms with Crippen molar-refractivity contribution in [1.82, 2.24) is 9.55 Å². The average molecular weight is 168 g/mol. The van der Waals surface area contributed by atoms with Crippen LogP contribution in [0.25, 0.3) is 0 Å². The minimum absolute atomic E-state index is 0.134. The van der Waals surface area contributed by atoms with Gasteiger partial charge in [-0.25, -0.2) is 9.78 Å². The van der Waals surface area contributed by atoms with Crippen LogP contribution in [-0.4, -0.2) is 20.6 Å². The minimum Gasteiger partial charge on any atom is -0.475 e. The fourth-order valence-electron chi connectivity index (χ4n) is 1.05. The summed E-state index contributed by atoms with van der Waals surface area (Å²) in [5.41, 5.74) is 0.828. The van der Waals surface area contributed by atoms with Crippen LogP contribution < -0.4 is 0 Å². The van der Waals surface area contributed by atoms with Gasteiger partial charge < -0.3 is 9.67 Å². The number of aromatic nitrogens is 2. The van der Waals surface area contributed by atoms with Gasteiger partial charge in [0.15, 0.2) is 0 Å². The Morgan fingerprint density at radius 3 is 2.67 bits per heavy atom. The Morgan fingerprint density at radius 1 is 1.67 bits per heavy atom. The molecule has 0 aliphatic carbocycles. The summed E-state index contributed by atoms with van der Waals surface area (Å²) in [6, 6.07) is 0. The van der Waals surface area contributed by atoms with E-state index in [1.54, 1.807) is 10.8 Å². The van der Waals surface area contributed by atoms with Gasteiger partial charge in [-0.1, -0.05) is 6.92 Å². The third-order valence-electron chi connectivity index (χ3n) is 1.72. The Morgan fingerprint density at radius 2 is 2.33 bits per heavy atom. The molecule has 0 bridgehead atoms. The van der Waals surface area contributed by atoms with Crippen LogP contribution in [0.15, 0.2) is 6.20 Å². The topological polar surface area (TPSA) is 55.1 Å². The number of carboxylic acid groups (broad SMARTS) is 1. The van der Waals surface area contributed by atoms with Crippen molar-refractivity contribution in [3.05, 3.63) is 17.7 Å². The van der Waals surface area contributed by atoms with E-state index in [-0.39, 0.29) is 5.82 Å². The molecule has 0 saturated carbocycles. The summed E-state index contributed by atoms with van der Waals surface area (Å²) in [7, 11) is 0. The Kier molecular flexibility index (Phi) is 2.47. The van der Waals surface area contributed by atoms with Gasteiger partial charge in [-0.2, -0.15) is 0 Å². The van der Waals surface area contributed by atoms with Crippen LogP contribution in [0.1, 0.15) is 30.2 Å². The maximum atomic E-state index is 10.6. The average Bonchev–Trinajstić information content (AvgIpc) is 2.47. The van der Waals surface area contributed by atoms with Gasteiger partial charge in [-0.05, 0) is 13.3 Å². The number of rotatable bonds is 3. The van der Waals surface area contributed by atoms with Crippen molar-refractivity contribution >= 4 is 5.97 Å². The summed E-state index contributed by atoms with van der Waals surface area (Å²) in [5, 5.41) is 8.72. The first kappa shape index (κ1) is 8.77. The molecule has 4 heteroatoms. The fourth-order valence-corrected chi connectivity index (χ4v) is 1.05. The predicted molar refractivity (Wildman–Crippen MR) is 44.2 cm³/mol. The number of aromatic carboxylic acids is 1. The molecule has 0 aromatic carbocycles. The molecule has 0 fully saturated rings. The van der Waals surface area contributed by atoms with Gasteiger partial charge in [-0.3, -0.25) is 0 Å². The van der Waals surface area contributed by atoms with Gasteiger partial charge >= 0.3 is 5.97 Å². The molecule has 0 aliphatic rings. The first-order valence-corrected chi connectivity index (χ1v) is 3.98. The molecular weight excluding hydrogens is 156 g/mol. The van der Waals surface area contributed by atoms with E-state index < -0.39 is 5.97 Å². The third kappa shape index (κ3) is 1.47. The number of hydrogen-bond donors (Lipinski definition) is 1. The number of hydrogen-bond acceptors (Lipinski definition) is 2. The molecule has 0 radical (unpaired) electrons. The number of aryl methyl sites for hydroxylation is 2. The van der Waals surface area contributed by atoms with Crippen LogP contribution in [0.4, 0.5) is 0 Å². The molecule has 0 unspecified atom stereocenters. The number of imidazole rings is 1. The second-order valence-corrected chi connectivity index (χ2v) is 2.50. The van der Waals surface area contributed by atoms with Crippen LogP contribution in [0, 0.1) is 0 Å². The van der Waals surface area contributed by atoms with E-state index in [1.165, 1.54) is 0 Å². The lowest BCUT2D eigenvalue weighted by atomic mass is 10.4. The Labute approximate surface area is 70.9 Å². The number of carboxylic acids is 1. The Hall–Kier alpha value is -1.32. The lowest BCUT2D eigenvalue weighted by Gasteiger charge is -1.96. The zero-order valence-electron chi connectivity index (χ0n) is 7.24. The lowest BCUT2D eigenvalue weighted by molar-refractivity contribution is 0.0678. The van der Waals surface area contributed by atoms with E-state index in [1.807, 2.05) is 13.8 Å². The molecule has 1 aromatic rings. The van der Waals surface area contributed by atoms with E-state index in [2.05, 4.69) is 4.98 Å². The van der Waals surface area contributed by atoms with Gasteiger partial charge in [0.2, 0.25) is 5.82 Å². The summed E-state index contributed by atoms with van der Waals surface area (Å²) < 4.78 is 1.64. The second kappa shape index (κ2) is 3.38. The zero-order chi connectivity index (χ0) is 9.14.